The van der Waals surface area contributed by atoms with E-state index in [9.17, 15) is 83.5 Å². The molecular weight excluding hydrogens is 483 g/mol. The molecule has 0 aromatic heterocycles. The third kappa shape index (κ3) is 2.37. The second-order valence-electron chi connectivity index (χ2n) is 5.40. The zero-order chi connectivity index (χ0) is 24.1. The van der Waals surface area contributed by atoms with Gasteiger partial charge in [0.05, 0.1) is 0 Å². The highest BCUT2D eigenvalue weighted by molar-refractivity contribution is 5.28. The molecule has 1 aliphatic rings. The first-order valence-corrected chi connectivity index (χ1v) is 6.02. The Balaban J connectivity index is 4.20. The van der Waals surface area contributed by atoms with Crippen LogP contribution in [0.5, 0.6) is 0 Å². The normalized spacial score (nSPS) is 33.6. The van der Waals surface area contributed by atoms with Crippen LogP contribution < -0.4 is 0 Å². The number of hydrogen-bond acceptors (Lipinski definition) is 1. The molecule has 1 rings (SSSR count). The van der Waals surface area contributed by atoms with E-state index in [-0.39, 0.29) is 0 Å². The molecule has 1 heterocycles. The SMILES string of the molecule is FN1C(F)(F)C(F)(F)C(F)(C(F)(F)C(F)(F)C(F)(F)F)C(F)(F)C1(F)C(F)(F)F. The molecule has 1 fully saturated rings. The fourth-order valence-corrected chi connectivity index (χ4v) is 2.15. The van der Waals surface area contributed by atoms with Gasteiger partial charge in [0.15, 0.2) is 0 Å². The Kier molecular flexibility index (Phi) is 5.00. The average Bonchev–Trinajstić information content (AvgIpc) is 2.47. The van der Waals surface area contributed by atoms with E-state index in [0.717, 1.165) is 0 Å². The fourth-order valence-electron chi connectivity index (χ4n) is 2.15. The van der Waals surface area contributed by atoms with Crippen LogP contribution in [0.2, 0.25) is 0 Å². The van der Waals surface area contributed by atoms with Crippen molar-refractivity contribution in [1.29, 1.82) is 0 Å². The molecule has 0 aromatic rings. The highest BCUT2D eigenvalue weighted by atomic mass is 19.4. The van der Waals surface area contributed by atoms with Gasteiger partial charge >= 0.3 is 53.6 Å². The van der Waals surface area contributed by atoms with E-state index in [4.69, 9.17) is 0 Å². The predicted molar refractivity (Wildman–Crippen MR) is 47.5 cm³/mol. The standard InChI is InChI=1S/C9F19N/c10-1(2(11,12)5(17,18)7(20,21)22)3(13,14)6(19,8(23,24)25)29(28)9(26,27)4(1,15)16. The molecule has 0 bridgehead atoms. The molecule has 0 N–H and O–H groups in total. The van der Waals surface area contributed by atoms with Gasteiger partial charge < -0.3 is 0 Å². The maximum Gasteiger partial charge on any atom is 0.460 e. The van der Waals surface area contributed by atoms with E-state index in [2.05, 4.69) is 0 Å². The minimum atomic E-state index is -8.98. The Morgan fingerprint density at radius 3 is 1.17 bits per heavy atom. The van der Waals surface area contributed by atoms with Crippen LogP contribution in [0.4, 0.5) is 83.5 Å². The van der Waals surface area contributed by atoms with Crippen LogP contribution in [0.15, 0.2) is 0 Å². The number of alkyl halides is 18. The summed E-state index contributed by atoms with van der Waals surface area (Å²) in [7, 11) is 0. The Morgan fingerprint density at radius 1 is 0.552 bits per heavy atom. The zero-order valence-electron chi connectivity index (χ0n) is 12.1. The lowest BCUT2D eigenvalue weighted by Crippen LogP contribution is -2.90. The van der Waals surface area contributed by atoms with E-state index in [1.165, 1.54) is 0 Å². The summed E-state index contributed by atoms with van der Waals surface area (Å²) in [6.07, 6.45) is -16.1. The predicted octanol–water partition coefficient (Wildman–Crippen LogP) is 5.82. The van der Waals surface area contributed by atoms with E-state index < -0.39 is 58.7 Å². The van der Waals surface area contributed by atoms with Gasteiger partial charge in [0, 0.05) is 0 Å². The van der Waals surface area contributed by atoms with Crippen molar-refractivity contribution in [3.63, 3.8) is 0 Å². The summed E-state index contributed by atoms with van der Waals surface area (Å²) in [6, 6.07) is -8.08. The second-order valence-corrected chi connectivity index (χ2v) is 5.40. The molecule has 0 aliphatic carbocycles. The van der Waals surface area contributed by atoms with Gasteiger partial charge in [-0.2, -0.15) is 70.2 Å². The zero-order valence-corrected chi connectivity index (χ0v) is 12.1. The topological polar surface area (TPSA) is 3.24 Å². The molecular formula is C9F19N. The van der Waals surface area contributed by atoms with Gasteiger partial charge in [0.2, 0.25) is 0 Å². The summed E-state index contributed by atoms with van der Waals surface area (Å²) in [5.41, 5.74) is -8.98. The van der Waals surface area contributed by atoms with Crippen molar-refractivity contribution in [2.24, 2.45) is 0 Å². The smallest absolute Gasteiger partial charge is 0.223 e. The fraction of sp³-hybridized carbons (Fsp3) is 1.00. The first-order chi connectivity index (χ1) is 12.2. The third-order valence-corrected chi connectivity index (χ3v) is 3.73. The van der Waals surface area contributed by atoms with Crippen LogP contribution >= 0.6 is 0 Å². The molecule has 0 saturated carbocycles. The molecule has 2 unspecified atom stereocenters. The minimum Gasteiger partial charge on any atom is -0.223 e. The van der Waals surface area contributed by atoms with Gasteiger partial charge in [0.1, 0.15) is 0 Å². The molecule has 0 aromatic carbocycles. The van der Waals surface area contributed by atoms with Gasteiger partial charge in [-0.1, -0.05) is 0 Å². The third-order valence-electron chi connectivity index (χ3n) is 3.73. The summed E-state index contributed by atoms with van der Waals surface area (Å²) in [5, 5.41) is -4.49. The van der Waals surface area contributed by atoms with Gasteiger partial charge in [-0.25, -0.2) is 8.78 Å². The summed E-state index contributed by atoms with van der Waals surface area (Å²) >= 11 is 0. The largest absolute Gasteiger partial charge is 0.460 e. The lowest BCUT2D eigenvalue weighted by molar-refractivity contribution is -0.555. The van der Waals surface area contributed by atoms with E-state index in [1.807, 2.05) is 0 Å². The number of nitrogens with zero attached hydrogens (tertiary/aromatic N) is 1. The van der Waals surface area contributed by atoms with Crippen molar-refractivity contribution in [2.45, 2.75) is 53.6 Å². The van der Waals surface area contributed by atoms with Crippen molar-refractivity contribution >= 4 is 0 Å². The number of hydrogen-bond donors (Lipinski definition) is 0. The van der Waals surface area contributed by atoms with Gasteiger partial charge in [-0.15, -0.1) is 4.48 Å². The summed E-state index contributed by atoms with van der Waals surface area (Å²) in [6.45, 7) is 0. The quantitative estimate of drug-likeness (QED) is 0.272. The monoisotopic (exact) mass is 483 g/mol. The van der Waals surface area contributed by atoms with Crippen molar-refractivity contribution in [2.75, 3.05) is 0 Å². The van der Waals surface area contributed by atoms with Crippen molar-refractivity contribution in [3.8, 4) is 0 Å². The van der Waals surface area contributed by atoms with Crippen molar-refractivity contribution in [1.82, 2.24) is 5.12 Å². The molecule has 0 radical (unpaired) electrons. The average molecular weight is 483 g/mol. The first-order valence-electron chi connectivity index (χ1n) is 6.02. The van der Waals surface area contributed by atoms with Crippen molar-refractivity contribution < 1.29 is 83.5 Å². The lowest BCUT2D eigenvalue weighted by Gasteiger charge is -2.56. The molecule has 0 amide bonds. The number of halogens is 19. The molecule has 20 heteroatoms. The summed E-state index contributed by atoms with van der Waals surface area (Å²) < 4.78 is 246. The molecule has 29 heavy (non-hydrogen) atoms. The molecule has 174 valence electrons. The second kappa shape index (κ2) is 5.65. The van der Waals surface area contributed by atoms with Crippen LogP contribution in [-0.4, -0.2) is 58.7 Å². The van der Waals surface area contributed by atoms with Crippen LogP contribution in [0.1, 0.15) is 0 Å². The van der Waals surface area contributed by atoms with E-state index in [1.54, 1.807) is 0 Å². The maximum atomic E-state index is 14.0. The van der Waals surface area contributed by atoms with Crippen molar-refractivity contribution in [3.05, 3.63) is 0 Å². The summed E-state index contributed by atoms with van der Waals surface area (Å²) in [4.78, 5) is 0. The number of piperidine rings is 1. The van der Waals surface area contributed by atoms with Gasteiger partial charge in [0.25, 0.3) is 0 Å². The summed E-state index contributed by atoms with van der Waals surface area (Å²) in [5.74, 6) is -42.9. The van der Waals surface area contributed by atoms with Crippen LogP contribution in [0.25, 0.3) is 0 Å². The molecule has 1 saturated heterocycles. The Hall–Kier alpha value is -1.37. The number of rotatable bonds is 2. The lowest BCUT2D eigenvalue weighted by atomic mass is 9.72. The first kappa shape index (κ1) is 25.7. The van der Waals surface area contributed by atoms with Crippen LogP contribution in [0.3, 0.4) is 0 Å². The highest BCUT2D eigenvalue weighted by Gasteiger charge is 3.06. The molecule has 1 nitrogen and oxygen atoms in total. The molecule has 2 atom stereocenters. The van der Waals surface area contributed by atoms with Crippen LogP contribution in [0, 0.1) is 0 Å². The van der Waals surface area contributed by atoms with E-state index >= 15 is 0 Å². The highest BCUT2D eigenvalue weighted by Crippen LogP contribution is 2.72. The minimum absolute atomic E-state index is 4.49. The van der Waals surface area contributed by atoms with E-state index in [0.29, 0.717) is 0 Å². The van der Waals surface area contributed by atoms with Gasteiger partial charge in [-0.3, -0.25) is 0 Å². The Labute approximate surface area is 143 Å². The maximum absolute atomic E-state index is 14.0. The van der Waals surface area contributed by atoms with Crippen LogP contribution in [-0.2, 0) is 0 Å². The van der Waals surface area contributed by atoms with Gasteiger partial charge in [-0.05, 0) is 5.12 Å². The Bertz CT molecular complexity index is 658. The molecule has 0 spiro atoms. The molecule has 1 aliphatic heterocycles. The Morgan fingerprint density at radius 2 is 0.897 bits per heavy atom.